The molecule has 0 aromatic heterocycles. The number of anilines is 1. The normalized spacial score (nSPS) is 23.9. The van der Waals surface area contributed by atoms with Gasteiger partial charge in [0.25, 0.3) is 0 Å². The zero-order chi connectivity index (χ0) is 13.3. The van der Waals surface area contributed by atoms with Crippen molar-refractivity contribution >= 4 is 21.4 Å². The molecule has 1 atom stereocenters. The fraction of sp³-hybridized carbons (Fsp3) is 0.364. The molecule has 0 amide bonds. The Morgan fingerprint density at radius 2 is 1.89 bits per heavy atom. The highest BCUT2D eigenvalue weighted by Gasteiger charge is 2.22. The largest absolute Gasteiger partial charge is 0.493 e. The Morgan fingerprint density at radius 3 is 2.44 bits per heavy atom. The quantitative estimate of drug-likeness (QED) is 0.884. The lowest BCUT2D eigenvalue weighted by Crippen LogP contribution is -2.20. The molecule has 98 valence electrons. The van der Waals surface area contributed by atoms with Gasteiger partial charge in [0, 0.05) is 25.4 Å². The maximum atomic E-state index is 12.5. The lowest BCUT2D eigenvalue weighted by atomic mass is 10.2. The van der Waals surface area contributed by atoms with Gasteiger partial charge in [0.2, 0.25) is 5.96 Å². The summed E-state index contributed by atoms with van der Waals surface area (Å²) in [5, 5.41) is 3.00. The number of hydrogen-bond acceptors (Lipinski definition) is 4. The summed E-state index contributed by atoms with van der Waals surface area (Å²) in [5.74, 6) is 1.44. The summed E-state index contributed by atoms with van der Waals surface area (Å²) in [5.41, 5.74) is 0.677. The van der Waals surface area contributed by atoms with Gasteiger partial charge in [-0.05, 0) is 0 Å². The molecule has 2 rings (SSSR count). The van der Waals surface area contributed by atoms with Gasteiger partial charge in [0.1, 0.15) is 0 Å². The highest BCUT2D eigenvalue weighted by Crippen LogP contribution is 2.37. The standard InChI is InChI=1S/C11H15N3O3S/c1-12-11-13-7-5-8(16-2)9(17-3)6-10(7)18(4,15)14-11/h5-6H,1-4H3,(H,12,13,14,15). The van der Waals surface area contributed by atoms with Gasteiger partial charge in [-0.2, -0.15) is 4.36 Å². The summed E-state index contributed by atoms with van der Waals surface area (Å²) >= 11 is 0. The third-order valence-electron chi connectivity index (χ3n) is 2.61. The molecule has 1 aliphatic rings. The van der Waals surface area contributed by atoms with Crippen LogP contribution in [0.5, 0.6) is 11.5 Å². The number of benzene rings is 1. The smallest absolute Gasteiger partial charge is 0.230 e. The lowest BCUT2D eigenvalue weighted by molar-refractivity contribution is 0.354. The van der Waals surface area contributed by atoms with Crippen LogP contribution in [0.25, 0.3) is 0 Å². The minimum absolute atomic E-state index is 0.349. The van der Waals surface area contributed by atoms with Crippen LogP contribution in [0, 0.1) is 0 Å². The number of ether oxygens (including phenoxy) is 2. The first-order valence-electron chi connectivity index (χ1n) is 5.24. The van der Waals surface area contributed by atoms with Crippen LogP contribution in [0.15, 0.2) is 26.4 Å². The van der Waals surface area contributed by atoms with E-state index in [1.807, 2.05) is 0 Å². The van der Waals surface area contributed by atoms with Gasteiger partial charge in [-0.25, -0.2) is 4.21 Å². The summed E-state index contributed by atoms with van der Waals surface area (Å²) in [6.07, 6.45) is 1.57. The van der Waals surface area contributed by atoms with Crippen LogP contribution >= 0.6 is 0 Å². The minimum atomic E-state index is -2.51. The third-order valence-corrected chi connectivity index (χ3v) is 4.29. The topological polar surface area (TPSA) is 72.3 Å². The van der Waals surface area contributed by atoms with E-state index in [1.54, 1.807) is 32.5 Å². The molecule has 0 aliphatic carbocycles. The second-order valence-corrected chi connectivity index (χ2v) is 6.00. The van der Waals surface area contributed by atoms with Crippen LogP contribution in [0.1, 0.15) is 0 Å². The van der Waals surface area contributed by atoms with Crippen molar-refractivity contribution in [2.45, 2.75) is 4.90 Å². The molecule has 7 heteroatoms. The van der Waals surface area contributed by atoms with Crippen molar-refractivity contribution in [3.63, 3.8) is 0 Å². The van der Waals surface area contributed by atoms with Crippen molar-refractivity contribution in [2.75, 3.05) is 32.8 Å². The third kappa shape index (κ3) is 2.01. The fourth-order valence-electron chi connectivity index (χ4n) is 1.73. The van der Waals surface area contributed by atoms with Crippen LogP contribution in [0.2, 0.25) is 0 Å². The SMILES string of the molecule is CN=C1N=S(C)(=O)c2cc(OC)c(OC)cc2N1. The molecule has 1 aliphatic heterocycles. The molecule has 0 fully saturated rings. The van der Waals surface area contributed by atoms with E-state index >= 15 is 0 Å². The van der Waals surface area contributed by atoms with Crippen molar-refractivity contribution in [3.8, 4) is 11.5 Å². The molecule has 1 N–H and O–H groups in total. The molecular weight excluding hydrogens is 254 g/mol. The summed E-state index contributed by atoms with van der Waals surface area (Å²) in [6.45, 7) is 0. The Hall–Kier alpha value is -1.76. The van der Waals surface area contributed by atoms with Gasteiger partial charge in [0.05, 0.1) is 34.5 Å². The number of rotatable bonds is 2. The number of nitrogens with one attached hydrogen (secondary N) is 1. The highest BCUT2D eigenvalue weighted by atomic mass is 32.2. The van der Waals surface area contributed by atoms with Crippen LogP contribution in [-0.4, -0.2) is 37.7 Å². The zero-order valence-corrected chi connectivity index (χ0v) is 11.5. The molecule has 0 saturated carbocycles. The fourth-order valence-corrected chi connectivity index (χ4v) is 3.12. The molecule has 0 bridgehead atoms. The van der Waals surface area contributed by atoms with E-state index in [-0.39, 0.29) is 0 Å². The van der Waals surface area contributed by atoms with E-state index < -0.39 is 9.73 Å². The van der Waals surface area contributed by atoms with E-state index in [1.165, 1.54) is 7.11 Å². The van der Waals surface area contributed by atoms with Gasteiger partial charge in [-0.1, -0.05) is 0 Å². The average Bonchev–Trinajstić information content (AvgIpc) is 2.36. The molecule has 0 radical (unpaired) electrons. The molecule has 6 nitrogen and oxygen atoms in total. The Balaban J connectivity index is 2.71. The molecule has 0 spiro atoms. The van der Waals surface area contributed by atoms with Crippen LogP contribution in [0.4, 0.5) is 5.69 Å². The Labute approximate surface area is 106 Å². The number of hydrogen-bond donors (Lipinski definition) is 1. The molecule has 1 unspecified atom stereocenters. The predicted molar refractivity (Wildman–Crippen MR) is 71.3 cm³/mol. The Morgan fingerprint density at radius 1 is 1.28 bits per heavy atom. The number of aliphatic imine (C=N–C) groups is 1. The Bertz CT molecular complexity index is 631. The second-order valence-electron chi connectivity index (χ2n) is 3.77. The van der Waals surface area contributed by atoms with E-state index in [2.05, 4.69) is 14.7 Å². The second kappa shape index (κ2) is 4.49. The van der Waals surface area contributed by atoms with E-state index in [0.29, 0.717) is 28.0 Å². The summed E-state index contributed by atoms with van der Waals surface area (Å²) in [4.78, 5) is 4.52. The first kappa shape index (κ1) is 12.7. The van der Waals surface area contributed by atoms with Gasteiger partial charge in [-0.3, -0.25) is 4.99 Å². The molecule has 18 heavy (non-hydrogen) atoms. The van der Waals surface area contributed by atoms with Crippen molar-refractivity contribution in [1.82, 2.24) is 0 Å². The summed E-state index contributed by atoms with van der Waals surface area (Å²) in [6, 6.07) is 3.41. The van der Waals surface area contributed by atoms with Crippen molar-refractivity contribution < 1.29 is 13.7 Å². The van der Waals surface area contributed by atoms with E-state index in [0.717, 1.165) is 0 Å². The molecule has 1 heterocycles. The van der Waals surface area contributed by atoms with Crippen molar-refractivity contribution in [1.29, 1.82) is 0 Å². The molecule has 1 aromatic carbocycles. The van der Waals surface area contributed by atoms with Crippen LogP contribution in [-0.2, 0) is 9.73 Å². The van der Waals surface area contributed by atoms with Gasteiger partial charge in [-0.15, -0.1) is 0 Å². The first-order valence-corrected chi connectivity index (χ1v) is 7.16. The summed E-state index contributed by atoms with van der Waals surface area (Å²) < 4.78 is 27.0. The van der Waals surface area contributed by atoms with Gasteiger partial charge in [0.15, 0.2) is 11.5 Å². The number of guanidine groups is 1. The van der Waals surface area contributed by atoms with Gasteiger partial charge < -0.3 is 14.8 Å². The van der Waals surface area contributed by atoms with Crippen LogP contribution in [0.3, 0.4) is 0 Å². The minimum Gasteiger partial charge on any atom is -0.493 e. The van der Waals surface area contributed by atoms with Gasteiger partial charge >= 0.3 is 0 Å². The maximum Gasteiger partial charge on any atom is 0.230 e. The molecule has 0 saturated heterocycles. The number of nitrogens with zero attached hydrogens (tertiary/aromatic N) is 2. The van der Waals surface area contributed by atoms with Crippen molar-refractivity contribution in [3.05, 3.63) is 12.1 Å². The lowest BCUT2D eigenvalue weighted by Gasteiger charge is -2.20. The average molecular weight is 269 g/mol. The monoisotopic (exact) mass is 269 g/mol. The van der Waals surface area contributed by atoms with Crippen molar-refractivity contribution in [2.24, 2.45) is 9.36 Å². The number of fused-ring (bicyclic) bond motifs is 1. The maximum absolute atomic E-state index is 12.5. The zero-order valence-electron chi connectivity index (χ0n) is 10.7. The van der Waals surface area contributed by atoms with Crippen LogP contribution < -0.4 is 14.8 Å². The predicted octanol–water partition coefficient (Wildman–Crippen LogP) is 1.57. The molecular formula is C11H15N3O3S. The first-order chi connectivity index (χ1) is 8.51. The molecule has 1 aromatic rings. The summed E-state index contributed by atoms with van der Waals surface area (Å²) in [7, 11) is 2.16. The Kier molecular flexibility index (Phi) is 3.16. The van der Waals surface area contributed by atoms with E-state index in [4.69, 9.17) is 9.47 Å². The van der Waals surface area contributed by atoms with E-state index in [9.17, 15) is 4.21 Å². The number of methoxy groups -OCH3 is 2. The highest BCUT2D eigenvalue weighted by molar-refractivity contribution is 7.93.